The van der Waals surface area contributed by atoms with Crippen LogP contribution in [0.15, 0.2) is 28.9 Å². The molecule has 0 aromatic carbocycles. The van der Waals surface area contributed by atoms with E-state index in [0.717, 1.165) is 55.7 Å². The lowest BCUT2D eigenvalue weighted by molar-refractivity contribution is 0.0669. The van der Waals surface area contributed by atoms with Crippen LogP contribution in [0.4, 0.5) is 0 Å². The predicted octanol–water partition coefficient (Wildman–Crippen LogP) is 4.16. The normalized spacial score (nSPS) is 21.0. The largest absolute Gasteiger partial charge is 0.455 e. The quantitative estimate of drug-likeness (QED) is 0.763. The lowest BCUT2D eigenvalue weighted by Crippen LogP contribution is -2.39. The van der Waals surface area contributed by atoms with Crippen molar-refractivity contribution in [2.75, 3.05) is 19.3 Å². The van der Waals surface area contributed by atoms with Gasteiger partial charge in [0.15, 0.2) is 5.76 Å². The maximum absolute atomic E-state index is 12.8. The monoisotopic (exact) mass is 373 g/mol. The zero-order valence-corrected chi connectivity index (χ0v) is 16.2. The van der Waals surface area contributed by atoms with E-state index in [1.807, 2.05) is 29.5 Å². The van der Waals surface area contributed by atoms with Gasteiger partial charge in [0.05, 0.1) is 5.75 Å². The maximum Gasteiger partial charge on any atom is 0.289 e. The molecule has 140 valence electrons. The fraction of sp³-hybridized carbons (Fsp3) is 0.600. The van der Waals surface area contributed by atoms with Gasteiger partial charge in [-0.3, -0.25) is 4.79 Å². The predicted molar refractivity (Wildman–Crippen MR) is 103 cm³/mol. The molecular formula is C20H27N3O2S. The van der Waals surface area contributed by atoms with Crippen molar-refractivity contribution in [2.24, 2.45) is 5.92 Å². The first-order valence-electron chi connectivity index (χ1n) is 9.62. The third kappa shape index (κ3) is 3.70. The molecule has 1 unspecified atom stereocenters. The maximum atomic E-state index is 12.8. The topological polar surface area (TPSA) is 51.3 Å². The van der Waals surface area contributed by atoms with Crippen LogP contribution in [0.5, 0.6) is 0 Å². The van der Waals surface area contributed by atoms with Crippen molar-refractivity contribution >= 4 is 17.7 Å². The van der Waals surface area contributed by atoms with E-state index < -0.39 is 0 Å². The van der Waals surface area contributed by atoms with Gasteiger partial charge in [-0.05, 0) is 50.0 Å². The second-order valence-corrected chi connectivity index (χ2v) is 8.39. The molecule has 26 heavy (non-hydrogen) atoms. The van der Waals surface area contributed by atoms with E-state index in [-0.39, 0.29) is 5.91 Å². The van der Waals surface area contributed by atoms with E-state index in [2.05, 4.69) is 15.7 Å². The third-order valence-corrected chi connectivity index (χ3v) is 6.23. The Balaban J connectivity index is 1.43. The number of rotatable bonds is 6. The van der Waals surface area contributed by atoms with Gasteiger partial charge >= 0.3 is 0 Å². The Morgan fingerprint density at radius 2 is 2.19 bits per heavy atom. The molecule has 6 heteroatoms. The van der Waals surface area contributed by atoms with Crippen LogP contribution in [-0.4, -0.2) is 39.7 Å². The number of thioether (sulfide) groups is 1. The second-order valence-electron chi connectivity index (χ2n) is 7.52. The summed E-state index contributed by atoms with van der Waals surface area (Å²) >= 11 is 1.70. The van der Waals surface area contributed by atoms with Crippen LogP contribution in [0.1, 0.15) is 60.2 Å². The van der Waals surface area contributed by atoms with Gasteiger partial charge in [0, 0.05) is 37.9 Å². The highest BCUT2D eigenvalue weighted by Gasteiger charge is 2.30. The average molecular weight is 374 g/mol. The summed E-state index contributed by atoms with van der Waals surface area (Å²) in [5.41, 5.74) is 0. The molecular weight excluding hydrogens is 346 g/mol. The van der Waals surface area contributed by atoms with Gasteiger partial charge in [-0.15, -0.1) is 0 Å². The number of furan rings is 1. The number of carbonyl (C=O) groups is 1. The molecule has 2 fully saturated rings. The number of nitrogens with zero attached hydrogens (tertiary/aromatic N) is 3. The Kier molecular flexibility index (Phi) is 5.38. The number of hydrogen-bond donors (Lipinski definition) is 0. The van der Waals surface area contributed by atoms with Gasteiger partial charge < -0.3 is 13.9 Å². The molecule has 1 aliphatic carbocycles. The first-order chi connectivity index (χ1) is 12.7. The Bertz CT molecular complexity index is 750. The molecule has 0 bridgehead atoms. The van der Waals surface area contributed by atoms with Gasteiger partial charge in [0.1, 0.15) is 11.6 Å². The van der Waals surface area contributed by atoms with Crippen LogP contribution in [0.3, 0.4) is 0 Å². The summed E-state index contributed by atoms with van der Waals surface area (Å²) in [6, 6.07) is 3.73. The Morgan fingerprint density at radius 1 is 1.31 bits per heavy atom. The molecule has 0 spiro atoms. The Labute approximate surface area is 159 Å². The second kappa shape index (κ2) is 7.91. The van der Waals surface area contributed by atoms with Crippen molar-refractivity contribution in [1.29, 1.82) is 0 Å². The first kappa shape index (κ1) is 17.7. The summed E-state index contributed by atoms with van der Waals surface area (Å²) in [4.78, 5) is 19.4. The van der Waals surface area contributed by atoms with E-state index in [1.165, 1.54) is 19.3 Å². The van der Waals surface area contributed by atoms with E-state index in [1.54, 1.807) is 11.8 Å². The minimum Gasteiger partial charge on any atom is -0.455 e. The summed E-state index contributed by atoms with van der Waals surface area (Å²) in [7, 11) is 0. The SMILES string of the molecule is CSCc1ccc(C(=O)N2CCCC(c3nccn3CC3CCC3)C2)o1. The van der Waals surface area contributed by atoms with Gasteiger partial charge in [-0.1, -0.05) is 6.42 Å². The number of hydrogen-bond acceptors (Lipinski definition) is 4. The Hall–Kier alpha value is -1.69. The number of likely N-dealkylation sites (tertiary alicyclic amines) is 1. The van der Waals surface area contributed by atoms with Crippen molar-refractivity contribution in [3.63, 3.8) is 0 Å². The van der Waals surface area contributed by atoms with E-state index in [4.69, 9.17) is 4.42 Å². The number of amides is 1. The van der Waals surface area contributed by atoms with E-state index in [9.17, 15) is 4.79 Å². The van der Waals surface area contributed by atoms with Crippen LogP contribution in [0.25, 0.3) is 0 Å². The summed E-state index contributed by atoms with van der Waals surface area (Å²) in [5, 5.41) is 0. The highest BCUT2D eigenvalue weighted by molar-refractivity contribution is 7.97. The van der Waals surface area contributed by atoms with Crippen molar-refractivity contribution in [3.05, 3.63) is 41.9 Å². The number of carbonyl (C=O) groups excluding carboxylic acids is 1. The molecule has 1 amide bonds. The highest BCUT2D eigenvalue weighted by atomic mass is 32.2. The molecule has 1 atom stereocenters. The average Bonchev–Trinajstić information content (AvgIpc) is 3.27. The summed E-state index contributed by atoms with van der Waals surface area (Å²) in [6.45, 7) is 2.62. The van der Waals surface area contributed by atoms with E-state index in [0.29, 0.717) is 11.7 Å². The summed E-state index contributed by atoms with van der Waals surface area (Å²) < 4.78 is 8.06. The number of piperidine rings is 1. The van der Waals surface area contributed by atoms with Gasteiger partial charge in [0.2, 0.25) is 0 Å². The van der Waals surface area contributed by atoms with Crippen LogP contribution >= 0.6 is 11.8 Å². The zero-order chi connectivity index (χ0) is 17.9. The van der Waals surface area contributed by atoms with Gasteiger partial charge in [-0.2, -0.15) is 11.8 Å². The van der Waals surface area contributed by atoms with Crippen molar-refractivity contribution in [1.82, 2.24) is 14.5 Å². The molecule has 1 saturated carbocycles. The highest BCUT2D eigenvalue weighted by Crippen LogP contribution is 2.31. The van der Waals surface area contributed by atoms with Crippen LogP contribution in [0, 0.1) is 5.92 Å². The molecule has 1 aliphatic heterocycles. The zero-order valence-electron chi connectivity index (χ0n) is 15.4. The molecule has 2 aromatic rings. The molecule has 0 radical (unpaired) electrons. The van der Waals surface area contributed by atoms with Crippen LogP contribution in [-0.2, 0) is 12.3 Å². The molecule has 4 rings (SSSR count). The molecule has 0 N–H and O–H groups in total. The number of aromatic nitrogens is 2. The van der Waals surface area contributed by atoms with Gasteiger partial charge in [-0.25, -0.2) is 4.98 Å². The molecule has 3 heterocycles. The van der Waals surface area contributed by atoms with Gasteiger partial charge in [0.25, 0.3) is 5.91 Å². The lowest BCUT2D eigenvalue weighted by Gasteiger charge is -2.33. The summed E-state index contributed by atoms with van der Waals surface area (Å²) in [5.74, 6) is 4.42. The fourth-order valence-corrected chi connectivity index (χ4v) is 4.47. The fourth-order valence-electron chi connectivity index (χ4n) is 4.03. The van der Waals surface area contributed by atoms with Crippen molar-refractivity contribution in [3.8, 4) is 0 Å². The minimum absolute atomic E-state index is 0.0131. The van der Waals surface area contributed by atoms with E-state index >= 15 is 0 Å². The smallest absolute Gasteiger partial charge is 0.289 e. The lowest BCUT2D eigenvalue weighted by atomic mass is 9.85. The first-order valence-corrected chi connectivity index (χ1v) is 11.0. The molecule has 5 nitrogen and oxygen atoms in total. The minimum atomic E-state index is 0.0131. The molecule has 1 saturated heterocycles. The van der Waals surface area contributed by atoms with Crippen LogP contribution in [0.2, 0.25) is 0 Å². The third-order valence-electron chi connectivity index (χ3n) is 5.66. The van der Waals surface area contributed by atoms with Crippen molar-refractivity contribution in [2.45, 2.75) is 50.3 Å². The summed E-state index contributed by atoms with van der Waals surface area (Å²) in [6.07, 6.45) is 12.2. The Morgan fingerprint density at radius 3 is 2.96 bits per heavy atom. The molecule has 2 aliphatic rings. The molecule has 2 aromatic heterocycles. The standard InChI is InChI=1S/C20H27N3O2S/c1-26-14-17-7-8-18(25-17)20(24)23-10-3-6-16(13-23)19-21-9-11-22(19)12-15-4-2-5-15/h7-9,11,15-16H,2-6,10,12-14H2,1H3. The number of imidazole rings is 1. The van der Waals surface area contributed by atoms with Crippen molar-refractivity contribution < 1.29 is 9.21 Å². The van der Waals surface area contributed by atoms with Crippen LogP contribution < -0.4 is 0 Å².